The zero-order valence-corrected chi connectivity index (χ0v) is 15.0. The summed E-state index contributed by atoms with van der Waals surface area (Å²) in [7, 11) is 0. The first-order valence-corrected chi connectivity index (χ1v) is 8.89. The van der Waals surface area contributed by atoms with Gasteiger partial charge in [-0.05, 0) is 23.8 Å². The second-order valence-electron chi connectivity index (χ2n) is 6.25. The summed E-state index contributed by atoms with van der Waals surface area (Å²) in [4.78, 5) is 21.3. The molecule has 2 heterocycles. The maximum absolute atomic E-state index is 12.8. The monoisotopic (exact) mass is 360 g/mol. The van der Waals surface area contributed by atoms with E-state index < -0.39 is 0 Å². The van der Waals surface area contributed by atoms with Crippen molar-refractivity contribution in [1.29, 1.82) is 0 Å². The maximum Gasteiger partial charge on any atom is 0.244 e. The van der Waals surface area contributed by atoms with Gasteiger partial charge in [-0.1, -0.05) is 37.3 Å². The van der Waals surface area contributed by atoms with Crippen LogP contribution in [0.25, 0.3) is 11.0 Å². The van der Waals surface area contributed by atoms with Gasteiger partial charge in [-0.3, -0.25) is 4.79 Å². The number of aryl methyl sites for hydroxylation is 1. The second kappa shape index (κ2) is 7.41. The number of hydrogen-bond acceptors (Lipinski definition) is 4. The number of imidazole rings is 1. The number of fused-ring (bicyclic) bond motifs is 1. The Morgan fingerprint density at radius 3 is 2.74 bits per heavy atom. The quantitative estimate of drug-likeness (QED) is 0.573. The molecule has 0 saturated carbocycles. The molecule has 0 bridgehead atoms. The summed E-state index contributed by atoms with van der Waals surface area (Å²) in [6.45, 7) is 2.81. The maximum atomic E-state index is 12.8. The van der Waals surface area contributed by atoms with E-state index >= 15 is 0 Å². The van der Waals surface area contributed by atoms with E-state index in [1.807, 2.05) is 60.0 Å². The van der Waals surface area contributed by atoms with Crippen LogP contribution in [0.5, 0.6) is 0 Å². The fourth-order valence-corrected chi connectivity index (χ4v) is 3.17. The molecule has 0 spiro atoms. The van der Waals surface area contributed by atoms with E-state index in [-0.39, 0.29) is 12.5 Å². The number of aromatic nitrogens is 5. The summed E-state index contributed by atoms with van der Waals surface area (Å²) in [5, 5.41) is 7.16. The standard InChI is InChI=1S/C20H20N6O/c1-2-19-23-17-9-5-6-10-18(17)26(19)12-20(27)24-16-8-4-3-7-15(16)11-25-14-21-13-22-25/h3-10,13-14H,2,11-12H2,1H3,(H,24,27). The van der Waals surface area contributed by atoms with Crippen molar-refractivity contribution in [3.05, 3.63) is 72.6 Å². The first kappa shape index (κ1) is 17.0. The van der Waals surface area contributed by atoms with Crippen molar-refractivity contribution in [1.82, 2.24) is 24.3 Å². The highest BCUT2D eigenvalue weighted by Crippen LogP contribution is 2.19. The molecule has 7 nitrogen and oxygen atoms in total. The van der Waals surface area contributed by atoms with Crippen molar-refractivity contribution in [2.45, 2.75) is 26.4 Å². The molecule has 1 amide bonds. The summed E-state index contributed by atoms with van der Waals surface area (Å²) in [5.74, 6) is 0.821. The predicted octanol–water partition coefficient (Wildman–Crippen LogP) is 2.88. The predicted molar refractivity (Wildman–Crippen MR) is 103 cm³/mol. The van der Waals surface area contributed by atoms with Gasteiger partial charge in [0.1, 0.15) is 25.0 Å². The Kier molecular flexibility index (Phi) is 4.65. The third kappa shape index (κ3) is 3.57. The lowest BCUT2D eigenvalue weighted by atomic mass is 10.1. The van der Waals surface area contributed by atoms with Crippen LogP contribution in [-0.2, 0) is 24.3 Å². The molecule has 0 aliphatic carbocycles. The SMILES string of the molecule is CCc1nc2ccccc2n1CC(=O)Nc1ccccc1Cn1cncn1. The summed E-state index contributed by atoms with van der Waals surface area (Å²) >= 11 is 0. The molecule has 136 valence electrons. The second-order valence-corrected chi connectivity index (χ2v) is 6.25. The van der Waals surface area contributed by atoms with E-state index in [0.29, 0.717) is 6.54 Å². The molecule has 1 N–H and O–H groups in total. The van der Waals surface area contributed by atoms with Gasteiger partial charge in [-0.15, -0.1) is 0 Å². The molecule has 0 aliphatic heterocycles. The Balaban J connectivity index is 1.56. The Hall–Kier alpha value is -3.48. The number of amides is 1. The summed E-state index contributed by atoms with van der Waals surface area (Å²) in [6, 6.07) is 15.6. The molecular weight excluding hydrogens is 340 g/mol. The number of nitrogens with one attached hydrogen (secondary N) is 1. The molecule has 0 atom stereocenters. The molecule has 0 unspecified atom stereocenters. The van der Waals surface area contributed by atoms with Crippen LogP contribution in [-0.4, -0.2) is 30.2 Å². The van der Waals surface area contributed by atoms with Crippen LogP contribution in [0.2, 0.25) is 0 Å². The Labute approximate surface area is 156 Å². The van der Waals surface area contributed by atoms with Gasteiger partial charge in [-0.25, -0.2) is 14.6 Å². The minimum Gasteiger partial charge on any atom is -0.324 e. The minimum absolute atomic E-state index is 0.0844. The van der Waals surface area contributed by atoms with Crippen molar-refractivity contribution < 1.29 is 4.79 Å². The van der Waals surface area contributed by atoms with Gasteiger partial charge in [0, 0.05) is 12.1 Å². The van der Waals surface area contributed by atoms with Crippen molar-refractivity contribution in [3.63, 3.8) is 0 Å². The lowest BCUT2D eigenvalue weighted by Crippen LogP contribution is -2.21. The summed E-state index contributed by atoms with van der Waals surface area (Å²) in [5.41, 5.74) is 3.64. The Morgan fingerprint density at radius 1 is 1.11 bits per heavy atom. The van der Waals surface area contributed by atoms with Gasteiger partial charge in [-0.2, -0.15) is 5.10 Å². The molecule has 0 aliphatic rings. The van der Waals surface area contributed by atoms with Crippen LogP contribution in [0.1, 0.15) is 18.3 Å². The van der Waals surface area contributed by atoms with E-state index in [9.17, 15) is 4.79 Å². The van der Waals surface area contributed by atoms with Crippen molar-refractivity contribution in [3.8, 4) is 0 Å². The highest BCUT2D eigenvalue weighted by molar-refractivity contribution is 5.92. The smallest absolute Gasteiger partial charge is 0.244 e. The van der Waals surface area contributed by atoms with Crippen molar-refractivity contribution in [2.24, 2.45) is 0 Å². The van der Waals surface area contributed by atoms with Gasteiger partial charge in [0.25, 0.3) is 0 Å². The molecule has 2 aromatic heterocycles. The number of carbonyl (C=O) groups excluding carboxylic acids is 1. The minimum atomic E-state index is -0.0844. The molecule has 0 fully saturated rings. The lowest BCUT2D eigenvalue weighted by molar-refractivity contribution is -0.116. The number of rotatable bonds is 6. The zero-order chi connectivity index (χ0) is 18.6. The molecular formula is C20H20N6O. The zero-order valence-electron chi connectivity index (χ0n) is 15.0. The third-order valence-corrected chi connectivity index (χ3v) is 4.44. The van der Waals surface area contributed by atoms with Crippen LogP contribution in [0, 0.1) is 0 Å². The molecule has 27 heavy (non-hydrogen) atoms. The topological polar surface area (TPSA) is 77.6 Å². The lowest BCUT2D eigenvalue weighted by Gasteiger charge is -2.13. The van der Waals surface area contributed by atoms with Gasteiger partial charge in [0.15, 0.2) is 0 Å². The third-order valence-electron chi connectivity index (χ3n) is 4.44. The van der Waals surface area contributed by atoms with Crippen LogP contribution in [0.3, 0.4) is 0 Å². The first-order chi connectivity index (χ1) is 13.2. The van der Waals surface area contributed by atoms with Crippen LogP contribution < -0.4 is 5.32 Å². The van der Waals surface area contributed by atoms with Gasteiger partial charge >= 0.3 is 0 Å². The highest BCUT2D eigenvalue weighted by Gasteiger charge is 2.13. The molecule has 4 rings (SSSR count). The van der Waals surface area contributed by atoms with E-state index in [1.54, 1.807) is 11.0 Å². The van der Waals surface area contributed by atoms with E-state index in [4.69, 9.17) is 0 Å². The van der Waals surface area contributed by atoms with Crippen LogP contribution in [0.4, 0.5) is 5.69 Å². The van der Waals surface area contributed by atoms with Gasteiger partial charge in [0.2, 0.25) is 5.91 Å². The average Bonchev–Trinajstić information content (AvgIpc) is 3.31. The first-order valence-electron chi connectivity index (χ1n) is 8.89. The number of para-hydroxylation sites is 3. The van der Waals surface area contributed by atoms with Crippen molar-refractivity contribution >= 4 is 22.6 Å². The van der Waals surface area contributed by atoms with Crippen LogP contribution >= 0.6 is 0 Å². The number of benzene rings is 2. The number of hydrogen-bond donors (Lipinski definition) is 1. The molecule has 0 radical (unpaired) electrons. The van der Waals surface area contributed by atoms with Crippen molar-refractivity contribution in [2.75, 3.05) is 5.32 Å². The number of anilines is 1. The Morgan fingerprint density at radius 2 is 1.93 bits per heavy atom. The van der Waals surface area contributed by atoms with E-state index in [0.717, 1.165) is 34.5 Å². The largest absolute Gasteiger partial charge is 0.324 e. The van der Waals surface area contributed by atoms with Crippen LogP contribution in [0.15, 0.2) is 61.2 Å². The Bertz CT molecular complexity index is 1070. The average molecular weight is 360 g/mol. The number of nitrogens with zero attached hydrogens (tertiary/aromatic N) is 5. The fourth-order valence-electron chi connectivity index (χ4n) is 3.17. The van der Waals surface area contributed by atoms with Gasteiger partial charge in [0.05, 0.1) is 17.6 Å². The van der Waals surface area contributed by atoms with E-state index in [1.165, 1.54) is 6.33 Å². The van der Waals surface area contributed by atoms with Gasteiger partial charge < -0.3 is 9.88 Å². The number of carbonyl (C=O) groups is 1. The summed E-state index contributed by atoms with van der Waals surface area (Å²) < 4.78 is 3.70. The molecule has 7 heteroatoms. The summed E-state index contributed by atoms with van der Waals surface area (Å²) in [6.07, 6.45) is 3.92. The molecule has 0 saturated heterocycles. The molecule has 2 aromatic carbocycles. The fraction of sp³-hybridized carbons (Fsp3) is 0.200. The normalized spacial score (nSPS) is 11.0. The van der Waals surface area contributed by atoms with E-state index in [2.05, 4.69) is 20.4 Å². The molecule has 4 aromatic rings. The highest BCUT2D eigenvalue weighted by atomic mass is 16.1.